The molecule has 1 aliphatic rings. The maximum atomic E-state index is 11.9. The number of hydrogen-bond donors (Lipinski definition) is 0. The third kappa shape index (κ3) is 5.36. The van der Waals surface area contributed by atoms with Crippen molar-refractivity contribution >= 4 is 29.5 Å². The summed E-state index contributed by atoms with van der Waals surface area (Å²) in [6, 6.07) is 0. The van der Waals surface area contributed by atoms with Crippen LogP contribution in [0.15, 0.2) is 10.5 Å². The average molecular weight is 300 g/mol. The topological polar surface area (TPSA) is 69.7 Å². The molecule has 0 radical (unpaired) electrons. The van der Waals surface area contributed by atoms with Crippen LogP contribution in [0.1, 0.15) is 39.5 Å². The monoisotopic (exact) mass is 300 g/mol. The minimum Gasteiger partial charge on any atom is -0.466 e. The van der Waals surface area contributed by atoms with E-state index in [4.69, 9.17) is 9.47 Å². The molecule has 5 nitrogen and oxygen atoms in total. The van der Waals surface area contributed by atoms with E-state index >= 15 is 0 Å². The second-order valence-electron chi connectivity index (χ2n) is 4.25. The zero-order chi connectivity index (χ0) is 15.0. The van der Waals surface area contributed by atoms with Crippen LogP contribution in [0, 0.1) is 0 Å². The number of ether oxygens (including phenoxy) is 2. The number of thioether (sulfide) groups is 1. The Hall–Kier alpha value is -1.30. The summed E-state index contributed by atoms with van der Waals surface area (Å²) in [5, 5.41) is 0. The number of rotatable bonds is 7. The summed E-state index contributed by atoms with van der Waals surface area (Å²) < 4.78 is 9.73. The van der Waals surface area contributed by atoms with Crippen molar-refractivity contribution in [2.24, 2.45) is 0 Å². The van der Waals surface area contributed by atoms with Crippen LogP contribution < -0.4 is 0 Å². The third-order valence-electron chi connectivity index (χ3n) is 2.78. The van der Waals surface area contributed by atoms with Gasteiger partial charge in [-0.3, -0.25) is 14.4 Å². The quantitative estimate of drug-likeness (QED) is 0.672. The van der Waals surface area contributed by atoms with Gasteiger partial charge in [0, 0.05) is 12.0 Å². The standard InChI is InChI=1S/C14H20O5S/c1-3-18-13(16)8-10-11(15)6-5-7-12(10)20-9-14(17)19-4-2/h3-9H2,1-2H3. The summed E-state index contributed by atoms with van der Waals surface area (Å²) in [6.07, 6.45) is 1.94. The maximum absolute atomic E-state index is 11.9. The number of esters is 2. The SMILES string of the molecule is CCOC(=O)CSC1=C(CC(=O)OCC)C(=O)CCC1. The third-order valence-corrected chi connectivity index (χ3v) is 3.96. The lowest BCUT2D eigenvalue weighted by molar-refractivity contribution is -0.143. The predicted octanol–water partition coefficient (Wildman–Crippen LogP) is 2.24. The molecule has 0 heterocycles. The van der Waals surface area contributed by atoms with Gasteiger partial charge in [0.05, 0.1) is 25.4 Å². The Balaban J connectivity index is 2.70. The molecule has 0 amide bonds. The minimum atomic E-state index is -0.396. The van der Waals surface area contributed by atoms with Crippen LogP contribution in [-0.4, -0.2) is 36.7 Å². The van der Waals surface area contributed by atoms with E-state index in [-0.39, 0.29) is 23.9 Å². The van der Waals surface area contributed by atoms with Crippen molar-refractivity contribution in [2.45, 2.75) is 39.5 Å². The van der Waals surface area contributed by atoms with Gasteiger partial charge < -0.3 is 9.47 Å². The average Bonchev–Trinajstić information content (AvgIpc) is 2.40. The smallest absolute Gasteiger partial charge is 0.316 e. The summed E-state index contributed by atoms with van der Waals surface area (Å²) in [6.45, 7) is 4.11. The van der Waals surface area contributed by atoms with E-state index in [1.165, 1.54) is 11.8 Å². The second-order valence-corrected chi connectivity index (χ2v) is 5.32. The Kier molecular flexibility index (Phi) is 7.36. The van der Waals surface area contributed by atoms with Gasteiger partial charge in [-0.1, -0.05) is 0 Å². The Bertz CT molecular complexity index is 414. The van der Waals surface area contributed by atoms with Gasteiger partial charge in [0.25, 0.3) is 0 Å². The molecular formula is C14H20O5S. The molecule has 112 valence electrons. The molecule has 6 heteroatoms. The first-order valence-electron chi connectivity index (χ1n) is 6.77. The molecule has 0 spiro atoms. The Morgan fingerprint density at radius 1 is 1.10 bits per heavy atom. The lowest BCUT2D eigenvalue weighted by atomic mass is 9.95. The summed E-state index contributed by atoms with van der Waals surface area (Å²) in [5.41, 5.74) is 0.504. The second kappa shape index (κ2) is 8.79. The van der Waals surface area contributed by atoms with Crippen LogP contribution in [0.25, 0.3) is 0 Å². The lowest BCUT2D eigenvalue weighted by Crippen LogP contribution is -2.16. The Labute approximate surface area is 123 Å². The normalized spacial score (nSPS) is 15.2. The minimum absolute atomic E-state index is 0.00215. The van der Waals surface area contributed by atoms with Gasteiger partial charge in [-0.05, 0) is 31.6 Å². The van der Waals surface area contributed by atoms with Gasteiger partial charge in [-0.25, -0.2) is 0 Å². The fourth-order valence-electron chi connectivity index (χ4n) is 1.93. The van der Waals surface area contributed by atoms with Gasteiger partial charge in [0.2, 0.25) is 0 Å². The first-order valence-corrected chi connectivity index (χ1v) is 7.76. The molecule has 0 aliphatic heterocycles. The molecule has 0 aromatic rings. The fraction of sp³-hybridized carbons (Fsp3) is 0.643. The van der Waals surface area contributed by atoms with Crippen molar-refractivity contribution in [2.75, 3.05) is 19.0 Å². The number of hydrogen-bond acceptors (Lipinski definition) is 6. The van der Waals surface area contributed by atoms with Gasteiger partial charge in [-0.15, -0.1) is 11.8 Å². The molecule has 0 N–H and O–H groups in total. The molecule has 0 saturated heterocycles. The van der Waals surface area contributed by atoms with Crippen molar-refractivity contribution in [3.8, 4) is 0 Å². The number of carbonyl (C=O) groups excluding carboxylic acids is 3. The molecule has 0 unspecified atom stereocenters. The van der Waals surface area contributed by atoms with Gasteiger partial charge >= 0.3 is 11.9 Å². The maximum Gasteiger partial charge on any atom is 0.316 e. The van der Waals surface area contributed by atoms with E-state index < -0.39 is 5.97 Å². The molecular weight excluding hydrogens is 280 g/mol. The highest BCUT2D eigenvalue weighted by Crippen LogP contribution is 2.32. The first-order chi connectivity index (χ1) is 9.58. The highest BCUT2D eigenvalue weighted by Gasteiger charge is 2.24. The fourth-order valence-corrected chi connectivity index (χ4v) is 2.95. The Morgan fingerprint density at radius 3 is 2.40 bits per heavy atom. The molecule has 0 bridgehead atoms. The first kappa shape index (κ1) is 16.8. The van der Waals surface area contributed by atoms with Crippen molar-refractivity contribution in [1.29, 1.82) is 0 Å². The van der Waals surface area contributed by atoms with E-state index in [2.05, 4.69) is 0 Å². The summed E-state index contributed by atoms with van der Waals surface area (Å²) >= 11 is 1.29. The predicted molar refractivity (Wildman–Crippen MR) is 76.2 cm³/mol. The lowest BCUT2D eigenvalue weighted by Gasteiger charge is -2.18. The van der Waals surface area contributed by atoms with Crippen LogP contribution in [-0.2, 0) is 23.9 Å². The van der Waals surface area contributed by atoms with Crippen molar-refractivity contribution in [3.05, 3.63) is 10.5 Å². The molecule has 0 fully saturated rings. The van der Waals surface area contributed by atoms with Gasteiger partial charge in [0.1, 0.15) is 0 Å². The molecule has 0 saturated carbocycles. The summed E-state index contributed by atoms with van der Waals surface area (Å²) in [4.78, 5) is 35.6. The highest BCUT2D eigenvalue weighted by molar-refractivity contribution is 8.03. The van der Waals surface area contributed by atoms with Crippen molar-refractivity contribution < 1.29 is 23.9 Å². The van der Waals surface area contributed by atoms with E-state index in [1.807, 2.05) is 0 Å². The molecule has 0 aromatic carbocycles. The number of ketones is 1. The zero-order valence-electron chi connectivity index (χ0n) is 11.9. The van der Waals surface area contributed by atoms with E-state index in [0.29, 0.717) is 25.2 Å². The van der Waals surface area contributed by atoms with Crippen LogP contribution in [0.5, 0.6) is 0 Å². The van der Waals surface area contributed by atoms with E-state index in [1.54, 1.807) is 13.8 Å². The Morgan fingerprint density at radius 2 is 1.75 bits per heavy atom. The largest absolute Gasteiger partial charge is 0.466 e. The van der Waals surface area contributed by atoms with Crippen molar-refractivity contribution in [1.82, 2.24) is 0 Å². The number of allylic oxidation sites excluding steroid dienone is 1. The van der Waals surface area contributed by atoms with Crippen LogP contribution >= 0.6 is 11.8 Å². The number of Topliss-reactive ketones (excluding diaryl/α,β-unsaturated/α-hetero) is 1. The molecule has 20 heavy (non-hydrogen) atoms. The van der Waals surface area contributed by atoms with Crippen LogP contribution in [0.4, 0.5) is 0 Å². The van der Waals surface area contributed by atoms with Crippen molar-refractivity contribution in [3.63, 3.8) is 0 Å². The summed E-state index contributed by atoms with van der Waals surface area (Å²) in [5.74, 6) is -0.552. The number of carbonyl (C=O) groups is 3. The van der Waals surface area contributed by atoms with E-state index in [9.17, 15) is 14.4 Å². The van der Waals surface area contributed by atoms with Gasteiger partial charge in [0.15, 0.2) is 5.78 Å². The highest BCUT2D eigenvalue weighted by atomic mass is 32.2. The molecule has 0 aromatic heterocycles. The van der Waals surface area contributed by atoms with Crippen LogP contribution in [0.2, 0.25) is 0 Å². The molecule has 1 rings (SSSR count). The molecule has 1 aliphatic carbocycles. The van der Waals surface area contributed by atoms with E-state index in [0.717, 1.165) is 17.7 Å². The summed E-state index contributed by atoms with van der Waals surface area (Å²) in [7, 11) is 0. The molecule has 0 atom stereocenters. The zero-order valence-corrected chi connectivity index (χ0v) is 12.7. The van der Waals surface area contributed by atoms with Crippen LogP contribution in [0.3, 0.4) is 0 Å². The van der Waals surface area contributed by atoms with Gasteiger partial charge in [-0.2, -0.15) is 0 Å².